The van der Waals surface area contributed by atoms with Crippen molar-refractivity contribution in [2.24, 2.45) is 0 Å². The first kappa shape index (κ1) is 38.0. The number of likely N-dealkylation sites (N-methyl/N-ethyl adjacent to an activating group) is 1. The van der Waals surface area contributed by atoms with Crippen LogP contribution in [0.1, 0.15) is 84.8 Å². The Morgan fingerprint density at radius 1 is 0.809 bits per heavy atom. The number of rotatable bonds is 15. The molecule has 0 aliphatic rings. The minimum atomic E-state index is 0.329. The SMILES string of the molecule is C=C(C)C(CCN(Cc1ccccc1B(C)Cc1cccc(C)c1)Cc1ccc(C)nc1[C@H](C)Cc1cccc(C)c1)N(C)C.CC. The van der Waals surface area contributed by atoms with Crippen molar-refractivity contribution in [3.8, 4) is 0 Å². The number of pyridine rings is 1. The maximum Gasteiger partial charge on any atom is 0.177 e. The van der Waals surface area contributed by atoms with Gasteiger partial charge in [0, 0.05) is 43.0 Å². The third-order valence-corrected chi connectivity index (χ3v) is 9.15. The van der Waals surface area contributed by atoms with Crippen LogP contribution in [0.15, 0.2) is 97.1 Å². The van der Waals surface area contributed by atoms with Crippen LogP contribution in [0.2, 0.25) is 6.82 Å². The quantitative estimate of drug-likeness (QED) is 0.0965. The molecular formula is C43H60BN3. The van der Waals surface area contributed by atoms with E-state index in [-0.39, 0.29) is 0 Å². The van der Waals surface area contributed by atoms with Gasteiger partial charge < -0.3 is 4.90 Å². The fourth-order valence-corrected chi connectivity index (χ4v) is 6.86. The van der Waals surface area contributed by atoms with Crippen molar-refractivity contribution >= 4 is 12.2 Å². The van der Waals surface area contributed by atoms with Crippen LogP contribution in [0.25, 0.3) is 0 Å². The summed E-state index contributed by atoms with van der Waals surface area (Å²) in [6.07, 6.45) is 3.07. The average Bonchev–Trinajstić information content (AvgIpc) is 3.02. The molecular weight excluding hydrogens is 569 g/mol. The van der Waals surface area contributed by atoms with Crippen molar-refractivity contribution < 1.29 is 0 Å². The number of hydrogen-bond acceptors (Lipinski definition) is 3. The zero-order valence-electron chi connectivity index (χ0n) is 31.1. The topological polar surface area (TPSA) is 19.4 Å². The number of aromatic nitrogens is 1. The Kier molecular flexibility index (Phi) is 15.2. The molecule has 0 amide bonds. The van der Waals surface area contributed by atoms with Gasteiger partial charge in [0.15, 0.2) is 6.71 Å². The molecule has 3 nitrogen and oxygen atoms in total. The minimum absolute atomic E-state index is 0.329. The lowest BCUT2D eigenvalue weighted by Crippen LogP contribution is -2.37. The fraction of sp³-hybridized carbons (Fsp3) is 0.419. The smallest absolute Gasteiger partial charge is 0.177 e. The largest absolute Gasteiger partial charge is 0.303 e. The highest BCUT2D eigenvalue weighted by Crippen LogP contribution is 2.25. The van der Waals surface area contributed by atoms with Gasteiger partial charge in [0.25, 0.3) is 0 Å². The van der Waals surface area contributed by atoms with Crippen LogP contribution < -0.4 is 5.46 Å². The Balaban J connectivity index is 0.00000294. The number of benzene rings is 3. The average molecular weight is 630 g/mol. The van der Waals surface area contributed by atoms with E-state index in [1.807, 2.05) is 13.8 Å². The van der Waals surface area contributed by atoms with Gasteiger partial charge in [-0.05, 0) is 83.7 Å². The van der Waals surface area contributed by atoms with Crippen LogP contribution in [0.4, 0.5) is 0 Å². The Bertz CT molecular complexity index is 1560. The third kappa shape index (κ3) is 11.6. The highest BCUT2D eigenvalue weighted by Gasteiger charge is 2.21. The highest BCUT2D eigenvalue weighted by atomic mass is 15.1. The molecule has 0 radical (unpaired) electrons. The molecule has 0 spiro atoms. The monoisotopic (exact) mass is 629 g/mol. The van der Waals surface area contributed by atoms with Gasteiger partial charge in [-0.2, -0.15) is 0 Å². The first-order chi connectivity index (χ1) is 22.5. The standard InChI is InChI=1S/C41H54BN3.C2H6/c1-30(2)40(44(8)9)22-23-45(28-37-18-10-11-19-39(37)42(7)27-36-17-13-15-32(4)25-36)29-38-21-20-34(6)43-41(38)33(5)26-35-16-12-14-31(3)24-35;1-2/h10-21,24-25,33,40H,1,22-23,26-29H2,2-9H3;1-2H3/t33-,40?;/m1./s1. The highest BCUT2D eigenvalue weighted by molar-refractivity contribution is 6.71. The summed E-state index contributed by atoms with van der Waals surface area (Å²) in [5, 5.41) is 0. The van der Waals surface area contributed by atoms with E-state index in [0.717, 1.165) is 44.5 Å². The minimum Gasteiger partial charge on any atom is -0.303 e. The molecule has 0 fully saturated rings. The molecule has 250 valence electrons. The van der Waals surface area contributed by atoms with E-state index in [1.165, 1.54) is 50.1 Å². The molecule has 2 atom stereocenters. The first-order valence-electron chi connectivity index (χ1n) is 17.7. The van der Waals surface area contributed by atoms with Gasteiger partial charge >= 0.3 is 0 Å². The van der Waals surface area contributed by atoms with Gasteiger partial charge in [-0.3, -0.25) is 9.88 Å². The van der Waals surface area contributed by atoms with E-state index in [9.17, 15) is 0 Å². The molecule has 0 bridgehead atoms. The first-order valence-corrected chi connectivity index (χ1v) is 17.7. The lowest BCUT2D eigenvalue weighted by molar-refractivity contribution is 0.217. The summed E-state index contributed by atoms with van der Waals surface area (Å²) in [6, 6.07) is 31.8. The van der Waals surface area contributed by atoms with E-state index < -0.39 is 0 Å². The van der Waals surface area contributed by atoms with Crippen molar-refractivity contribution in [3.05, 3.63) is 142 Å². The lowest BCUT2D eigenvalue weighted by Gasteiger charge is -2.30. The molecule has 1 aromatic heterocycles. The summed E-state index contributed by atoms with van der Waals surface area (Å²) >= 11 is 0. The van der Waals surface area contributed by atoms with Crippen molar-refractivity contribution in [1.29, 1.82) is 0 Å². The zero-order chi connectivity index (χ0) is 34.5. The second kappa shape index (κ2) is 18.8. The number of nitrogens with zero attached hydrogens (tertiary/aromatic N) is 3. The molecule has 1 unspecified atom stereocenters. The summed E-state index contributed by atoms with van der Waals surface area (Å²) in [6.45, 7) is 24.9. The molecule has 0 saturated carbocycles. The Hall–Kier alpha value is -3.47. The molecule has 0 aliphatic carbocycles. The van der Waals surface area contributed by atoms with Crippen LogP contribution in [0.5, 0.6) is 0 Å². The van der Waals surface area contributed by atoms with Crippen molar-refractivity contribution in [2.75, 3.05) is 20.6 Å². The lowest BCUT2D eigenvalue weighted by atomic mass is 9.43. The van der Waals surface area contributed by atoms with Crippen LogP contribution >= 0.6 is 0 Å². The summed E-state index contributed by atoms with van der Waals surface area (Å²) in [7, 11) is 4.34. The van der Waals surface area contributed by atoms with Gasteiger partial charge in [0.1, 0.15) is 0 Å². The van der Waals surface area contributed by atoms with Crippen LogP contribution in [-0.2, 0) is 25.8 Å². The molecule has 4 rings (SSSR count). The van der Waals surface area contributed by atoms with Crippen molar-refractivity contribution in [3.63, 3.8) is 0 Å². The van der Waals surface area contributed by atoms with E-state index in [0.29, 0.717) is 18.7 Å². The van der Waals surface area contributed by atoms with Crippen LogP contribution in [0, 0.1) is 20.8 Å². The summed E-state index contributed by atoms with van der Waals surface area (Å²) in [5.41, 5.74) is 13.2. The second-order valence-electron chi connectivity index (χ2n) is 13.7. The fourth-order valence-electron chi connectivity index (χ4n) is 6.86. The normalized spacial score (nSPS) is 12.4. The van der Waals surface area contributed by atoms with E-state index in [1.54, 1.807) is 0 Å². The Morgan fingerprint density at radius 3 is 2.06 bits per heavy atom. The molecule has 1 heterocycles. The molecule has 4 heteroatoms. The maximum absolute atomic E-state index is 5.15. The van der Waals surface area contributed by atoms with Gasteiger partial charge in [-0.25, -0.2) is 0 Å². The van der Waals surface area contributed by atoms with Gasteiger partial charge in [-0.1, -0.05) is 141 Å². The van der Waals surface area contributed by atoms with Gasteiger partial charge in [0.2, 0.25) is 0 Å². The van der Waals surface area contributed by atoms with Crippen LogP contribution in [0.3, 0.4) is 0 Å². The molecule has 47 heavy (non-hydrogen) atoms. The summed E-state index contributed by atoms with van der Waals surface area (Å²) in [5.74, 6) is 0.329. The molecule has 0 saturated heterocycles. The van der Waals surface area contributed by atoms with Gasteiger partial charge in [-0.15, -0.1) is 0 Å². The Morgan fingerprint density at radius 2 is 1.43 bits per heavy atom. The predicted molar refractivity (Wildman–Crippen MR) is 207 cm³/mol. The second-order valence-corrected chi connectivity index (χ2v) is 13.7. The van der Waals surface area contributed by atoms with Crippen LogP contribution in [-0.4, -0.2) is 48.2 Å². The predicted octanol–water partition coefficient (Wildman–Crippen LogP) is 9.39. The molecule has 3 aromatic carbocycles. The molecule has 0 aliphatic heterocycles. The number of aryl methyl sites for hydroxylation is 3. The van der Waals surface area contributed by atoms with Gasteiger partial charge in [0.05, 0.1) is 0 Å². The number of hydrogen-bond donors (Lipinski definition) is 0. The Labute approximate surface area is 288 Å². The maximum atomic E-state index is 5.15. The van der Waals surface area contributed by atoms with E-state index in [4.69, 9.17) is 4.98 Å². The van der Waals surface area contributed by atoms with Crippen molar-refractivity contribution in [2.45, 2.75) is 99.5 Å². The zero-order valence-corrected chi connectivity index (χ0v) is 31.1. The molecule has 4 aromatic rings. The summed E-state index contributed by atoms with van der Waals surface area (Å²) < 4.78 is 0. The van der Waals surface area contributed by atoms with E-state index >= 15 is 0 Å². The third-order valence-electron chi connectivity index (χ3n) is 9.15. The van der Waals surface area contributed by atoms with Crippen molar-refractivity contribution in [1.82, 2.24) is 14.8 Å². The molecule has 0 N–H and O–H groups in total. The van der Waals surface area contributed by atoms with E-state index in [2.05, 4.69) is 157 Å². The summed E-state index contributed by atoms with van der Waals surface area (Å²) in [4.78, 5) is 10.1.